The zero-order valence-electron chi connectivity index (χ0n) is 6.55. The SMILES string of the molecule is Cc1noc(C(=O)CN)c1C. The number of aromatic nitrogens is 1. The van der Waals surface area contributed by atoms with Crippen LogP contribution in [0.4, 0.5) is 0 Å². The predicted molar refractivity (Wildman–Crippen MR) is 39.4 cm³/mol. The molecular weight excluding hydrogens is 144 g/mol. The van der Waals surface area contributed by atoms with Gasteiger partial charge in [-0.25, -0.2) is 0 Å². The number of Topliss-reactive ketones (excluding diaryl/α,β-unsaturated/α-hetero) is 1. The lowest BCUT2D eigenvalue weighted by Crippen LogP contribution is -2.13. The molecule has 0 aliphatic carbocycles. The zero-order valence-corrected chi connectivity index (χ0v) is 6.55. The number of ketones is 1. The molecule has 1 heterocycles. The van der Waals surface area contributed by atoms with E-state index in [0.29, 0.717) is 0 Å². The molecule has 2 N–H and O–H groups in total. The first-order chi connectivity index (χ1) is 5.16. The van der Waals surface area contributed by atoms with Gasteiger partial charge in [0.25, 0.3) is 0 Å². The van der Waals surface area contributed by atoms with E-state index < -0.39 is 0 Å². The third kappa shape index (κ3) is 1.30. The molecule has 0 saturated heterocycles. The summed E-state index contributed by atoms with van der Waals surface area (Å²) in [6.45, 7) is 3.54. The second kappa shape index (κ2) is 2.84. The normalized spacial score (nSPS) is 10.1. The highest BCUT2D eigenvalue weighted by molar-refractivity contribution is 5.96. The number of hydrogen-bond donors (Lipinski definition) is 1. The summed E-state index contributed by atoms with van der Waals surface area (Å²) in [4.78, 5) is 11.0. The summed E-state index contributed by atoms with van der Waals surface area (Å²) in [5.74, 6) is 0.0769. The number of hydrogen-bond acceptors (Lipinski definition) is 4. The molecule has 1 aromatic rings. The Bertz CT molecular complexity index is 278. The quantitative estimate of drug-likeness (QED) is 0.627. The van der Waals surface area contributed by atoms with Crippen molar-refractivity contribution in [3.8, 4) is 0 Å². The predicted octanol–water partition coefficient (Wildman–Crippen LogP) is 0.433. The third-order valence-electron chi connectivity index (χ3n) is 1.60. The molecule has 0 atom stereocenters. The molecule has 4 heteroatoms. The molecule has 0 spiro atoms. The van der Waals surface area contributed by atoms with Gasteiger partial charge >= 0.3 is 0 Å². The minimum atomic E-state index is -0.205. The fourth-order valence-corrected chi connectivity index (χ4v) is 0.768. The van der Waals surface area contributed by atoms with Gasteiger partial charge in [-0.3, -0.25) is 4.79 Å². The molecule has 0 saturated carbocycles. The van der Waals surface area contributed by atoms with Crippen molar-refractivity contribution >= 4 is 5.78 Å². The second-order valence-electron chi connectivity index (χ2n) is 2.35. The average Bonchev–Trinajstić information content (AvgIpc) is 2.32. The van der Waals surface area contributed by atoms with Gasteiger partial charge in [0.2, 0.25) is 11.5 Å². The Balaban J connectivity index is 3.04. The number of carbonyl (C=O) groups is 1. The first-order valence-electron chi connectivity index (χ1n) is 3.33. The van der Waals surface area contributed by atoms with Gasteiger partial charge < -0.3 is 10.3 Å². The molecule has 1 aromatic heterocycles. The lowest BCUT2D eigenvalue weighted by molar-refractivity contribution is 0.0965. The van der Waals surface area contributed by atoms with Crippen molar-refractivity contribution in [3.05, 3.63) is 17.0 Å². The Morgan fingerprint density at radius 3 is 2.64 bits per heavy atom. The Kier molecular flexibility index (Phi) is 2.05. The molecule has 0 aliphatic heterocycles. The first-order valence-corrected chi connectivity index (χ1v) is 3.33. The molecule has 0 aliphatic rings. The van der Waals surface area contributed by atoms with Crippen molar-refractivity contribution < 1.29 is 9.32 Å². The number of aryl methyl sites for hydroxylation is 1. The molecule has 0 radical (unpaired) electrons. The van der Waals surface area contributed by atoms with Gasteiger partial charge in [-0.2, -0.15) is 0 Å². The van der Waals surface area contributed by atoms with E-state index in [0.717, 1.165) is 11.3 Å². The van der Waals surface area contributed by atoms with Gasteiger partial charge in [-0.1, -0.05) is 5.16 Å². The molecule has 0 fully saturated rings. The van der Waals surface area contributed by atoms with E-state index in [4.69, 9.17) is 10.3 Å². The number of rotatable bonds is 2. The van der Waals surface area contributed by atoms with Gasteiger partial charge in [0.15, 0.2) is 0 Å². The van der Waals surface area contributed by atoms with Crippen molar-refractivity contribution in [1.82, 2.24) is 5.16 Å². The summed E-state index contributed by atoms with van der Waals surface area (Å²) in [6.07, 6.45) is 0. The van der Waals surface area contributed by atoms with Gasteiger partial charge in [0, 0.05) is 5.56 Å². The van der Waals surface area contributed by atoms with Gasteiger partial charge in [-0.15, -0.1) is 0 Å². The molecule has 4 nitrogen and oxygen atoms in total. The van der Waals surface area contributed by atoms with Crippen molar-refractivity contribution in [2.75, 3.05) is 6.54 Å². The largest absolute Gasteiger partial charge is 0.353 e. The summed E-state index contributed by atoms with van der Waals surface area (Å²) in [7, 11) is 0. The van der Waals surface area contributed by atoms with Crippen LogP contribution in [0.15, 0.2) is 4.52 Å². The zero-order chi connectivity index (χ0) is 8.43. The van der Waals surface area contributed by atoms with Crippen LogP contribution >= 0.6 is 0 Å². The van der Waals surface area contributed by atoms with Crippen LogP contribution < -0.4 is 5.73 Å². The summed E-state index contributed by atoms with van der Waals surface area (Å²) in [6, 6.07) is 0. The highest BCUT2D eigenvalue weighted by Crippen LogP contribution is 2.11. The van der Waals surface area contributed by atoms with Crippen LogP contribution in [0.2, 0.25) is 0 Å². The molecular formula is C7H10N2O2. The monoisotopic (exact) mass is 154 g/mol. The fourth-order valence-electron chi connectivity index (χ4n) is 0.768. The maximum Gasteiger partial charge on any atom is 0.214 e. The Hall–Kier alpha value is -1.16. The Morgan fingerprint density at radius 1 is 1.64 bits per heavy atom. The number of carbonyl (C=O) groups excluding carboxylic acids is 1. The standard InChI is InChI=1S/C7H10N2O2/c1-4-5(2)9-11-7(4)6(10)3-8/h3,8H2,1-2H3. The van der Waals surface area contributed by atoms with Crippen LogP contribution in [0, 0.1) is 13.8 Å². The molecule has 60 valence electrons. The maximum absolute atomic E-state index is 11.0. The first kappa shape index (κ1) is 7.94. The van der Waals surface area contributed by atoms with E-state index in [-0.39, 0.29) is 18.1 Å². The minimum absolute atomic E-state index is 0.0323. The maximum atomic E-state index is 11.0. The van der Waals surface area contributed by atoms with Crippen molar-refractivity contribution in [3.63, 3.8) is 0 Å². The Morgan fingerprint density at radius 2 is 2.27 bits per heavy atom. The van der Waals surface area contributed by atoms with Crippen molar-refractivity contribution in [2.24, 2.45) is 5.73 Å². The summed E-state index contributed by atoms with van der Waals surface area (Å²) in [5.41, 5.74) is 6.66. The van der Waals surface area contributed by atoms with E-state index in [1.807, 2.05) is 0 Å². The van der Waals surface area contributed by atoms with Crippen LogP contribution in [-0.4, -0.2) is 17.5 Å². The molecule has 0 aromatic carbocycles. The molecule has 0 bridgehead atoms. The Labute approximate surface area is 64.4 Å². The second-order valence-corrected chi connectivity index (χ2v) is 2.35. The van der Waals surface area contributed by atoms with Crippen LogP contribution in [0.1, 0.15) is 21.8 Å². The summed E-state index contributed by atoms with van der Waals surface area (Å²) in [5, 5.41) is 3.63. The van der Waals surface area contributed by atoms with Crippen LogP contribution in [0.25, 0.3) is 0 Å². The number of nitrogens with two attached hydrogens (primary N) is 1. The third-order valence-corrected chi connectivity index (χ3v) is 1.60. The summed E-state index contributed by atoms with van der Waals surface area (Å²) < 4.78 is 4.77. The van der Waals surface area contributed by atoms with Crippen LogP contribution in [0.3, 0.4) is 0 Å². The lowest BCUT2D eigenvalue weighted by atomic mass is 10.2. The van der Waals surface area contributed by atoms with Gasteiger partial charge in [0.05, 0.1) is 12.2 Å². The van der Waals surface area contributed by atoms with E-state index in [2.05, 4.69) is 5.16 Å². The topological polar surface area (TPSA) is 69.1 Å². The van der Waals surface area contributed by atoms with Crippen molar-refractivity contribution in [1.29, 1.82) is 0 Å². The average molecular weight is 154 g/mol. The summed E-state index contributed by atoms with van der Waals surface area (Å²) >= 11 is 0. The molecule has 11 heavy (non-hydrogen) atoms. The van der Waals surface area contributed by atoms with E-state index >= 15 is 0 Å². The van der Waals surface area contributed by atoms with Gasteiger partial charge in [0.1, 0.15) is 0 Å². The highest BCUT2D eigenvalue weighted by atomic mass is 16.5. The lowest BCUT2D eigenvalue weighted by Gasteiger charge is -1.90. The van der Waals surface area contributed by atoms with Gasteiger partial charge in [-0.05, 0) is 13.8 Å². The van der Waals surface area contributed by atoms with E-state index in [1.165, 1.54) is 0 Å². The molecule has 1 rings (SSSR count). The smallest absolute Gasteiger partial charge is 0.214 e. The van der Waals surface area contributed by atoms with E-state index in [9.17, 15) is 4.79 Å². The van der Waals surface area contributed by atoms with E-state index in [1.54, 1.807) is 13.8 Å². The van der Waals surface area contributed by atoms with Crippen molar-refractivity contribution in [2.45, 2.75) is 13.8 Å². The van der Waals surface area contributed by atoms with Crippen LogP contribution in [-0.2, 0) is 0 Å². The number of nitrogens with zero attached hydrogens (tertiary/aromatic N) is 1. The molecule has 0 amide bonds. The molecule has 0 unspecified atom stereocenters. The fraction of sp³-hybridized carbons (Fsp3) is 0.429. The van der Waals surface area contributed by atoms with Crippen LogP contribution in [0.5, 0.6) is 0 Å². The highest BCUT2D eigenvalue weighted by Gasteiger charge is 2.14. The minimum Gasteiger partial charge on any atom is -0.353 e.